The number of nitrogens with two attached hydrogens (primary N) is 1. The van der Waals surface area contributed by atoms with Crippen LogP contribution in [-0.4, -0.2) is 26.5 Å². The Balaban J connectivity index is 2.52. The van der Waals surface area contributed by atoms with Crippen molar-refractivity contribution in [2.45, 2.75) is 26.3 Å². The number of benzene rings is 1. The van der Waals surface area contributed by atoms with Gasteiger partial charge in [0, 0.05) is 6.04 Å². The first-order valence-electron chi connectivity index (χ1n) is 6.13. The minimum atomic E-state index is -2.98. The lowest BCUT2D eigenvalue weighted by Gasteiger charge is -2.10. The van der Waals surface area contributed by atoms with E-state index in [1.165, 1.54) is 0 Å². The molecule has 1 aromatic carbocycles. The molecule has 0 amide bonds. The SMILES string of the molecule is CCCS(=O)(=O)CCOc1cccc([C@@H](C)N)c1. The molecule has 0 radical (unpaired) electrons. The molecule has 2 N–H and O–H groups in total. The van der Waals surface area contributed by atoms with Crippen LogP contribution in [0.5, 0.6) is 5.75 Å². The van der Waals surface area contributed by atoms with E-state index in [-0.39, 0.29) is 24.2 Å². The van der Waals surface area contributed by atoms with Crippen LogP contribution in [0.15, 0.2) is 24.3 Å². The Morgan fingerprint density at radius 2 is 2.06 bits per heavy atom. The molecule has 102 valence electrons. The summed E-state index contributed by atoms with van der Waals surface area (Å²) in [5.74, 6) is 0.941. The normalized spacial score (nSPS) is 13.3. The number of ether oxygens (including phenoxy) is 1. The minimum absolute atomic E-state index is 0.0580. The zero-order chi connectivity index (χ0) is 13.6. The van der Waals surface area contributed by atoms with E-state index < -0.39 is 9.84 Å². The van der Waals surface area contributed by atoms with Gasteiger partial charge in [-0.2, -0.15) is 0 Å². The summed E-state index contributed by atoms with van der Waals surface area (Å²) in [4.78, 5) is 0. The second-order valence-electron chi connectivity index (χ2n) is 4.36. The van der Waals surface area contributed by atoms with Gasteiger partial charge in [0.15, 0.2) is 9.84 Å². The molecule has 1 rings (SSSR count). The molecule has 1 atom stereocenters. The Hall–Kier alpha value is -1.07. The fraction of sp³-hybridized carbons (Fsp3) is 0.538. The fourth-order valence-electron chi connectivity index (χ4n) is 1.59. The van der Waals surface area contributed by atoms with Gasteiger partial charge in [0.2, 0.25) is 0 Å². The zero-order valence-electron chi connectivity index (χ0n) is 10.9. The average Bonchev–Trinajstić information content (AvgIpc) is 2.29. The van der Waals surface area contributed by atoms with E-state index >= 15 is 0 Å². The molecule has 5 heteroatoms. The summed E-state index contributed by atoms with van der Waals surface area (Å²) in [6.07, 6.45) is 0.641. The Labute approximate surface area is 109 Å². The Kier molecular flexibility index (Phi) is 5.62. The van der Waals surface area contributed by atoms with Gasteiger partial charge in [-0.25, -0.2) is 8.42 Å². The second kappa shape index (κ2) is 6.75. The molecule has 0 spiro atoms. The van der Waals surface area contributed by atoms with Crippen molar-refractivity contribution in [3.63, 3.8) is 0 Å². The topological polar surface area (TPSA) is 69.4 Å². The summed E-state index contributed by atoms with van der Waals surface area (Å²) < 4.78 is 28.4. The molecular weight excluding hydrogens is 250 g/mol. The highest BCUT2D eigenvalue weighted by Crippen LogP contribution is 2.17. The van der Waals surface area contributed by atoms with Crippen LogP contribution in [-0.2, 0) is 9.84 Å². The molecule has 0 aliphatic heterocycles. The van der Waals surface area contributed by atoms with Crippen LogP contribution in [0.25, 0.3) is 0 Å². The van der Waals surface area contributed by atoms with Gasteiger partial charge in [-0.3, -0.25) is 0 Å². The first kappa shape index (κ1) is 15.0. The molecule has 0 fully saturated rings. The van der Waals surface area contributed by atoms with E-state index in [0.29, 0.717) is 12.2 Å². The van der Waals surface area contributed by atoms with E-state index in [1.807, 2.05) is 32.0 Å². The largest absolute Gasteiger partial charge is 0.493 e. The van der Waals surface area contributed by atoms with Crippen molar-refractivity contribution in [1.82, 2.24) is 0 Å². The zero-order valence-corrected chi connectivity index (χ0v) is 11.7. The number of rotatable bonds is 7. The number of sulfone groups is 1. The molecule has 0 heterocycles. The van der Waals surface area contributed by atoms with Crippen molar-refractivity contribution in [2.24, 2.45) is 5.73 Å². The molecule has 0 aliphatic rings. The molecule has 0 aliphatic carbocycles. The second-order valence-corrected chi connectivity index (χ2v) is 6.67. The maximum atomic E-state index is 11.5. The third kappa shape index (κ3) is 5.06. The van der Waals surface area contributed by atoms with Crippen molar-refractivity contribution >= 4 is 9.84 Å². The molecular formula is C13H21NO3S. The van der Waals surface area contributed by atoms with Gasteiger partial charge >= 0.3 is 0 Å². The smallest absolute Gasteiger partial charge is 0.153 e. The van der Waals surface area contributed by atoms with Crippen LogP contribution in [0.4, 0.5) is 0 Å². The molecule has 0 saturated carbocycles. The molecule has 18 heavy (non-hydrogen) atoms. The van der Waals surface area contributed by atoms with Crippen molar-refractivity contribution in [1.29, 1.82) is 0 Å². The first-order valence-corrected chi connectivity index (χ1v) is 7.95. The Morgan fingerprint density at radius 1 is 1.33 bits per heavy atom. The minimum Gasteiger partial charge on any atom is -0.493 e. The summed E-state index contributed by atoms with van der Waals surface area (Å²) >= 11 is 0. The van der Waals surface area contributed by atoms with Gasteiger partial charge in [-0.05, 0) is 31.0 Å². The Morgan fingerprint density at radius 3 is 2.67 bits per heavy atom. The molecule has 4 nitrogen and oxygen atoms in total. The highest BCUT2D eigenvalue weighted by molar-refractivity contribution is 7.91. The van der Waals surface area contributed by atoms with Crippen molar-refractivity contribution in [3.05, 3.63) is 29.8 Å². The van der Waals surface area contributed by atoms with E-state index in [4.69, 9.17) is 10.5 Å². The van der Waals surface area contributed by atoms with E-state index in [0.717, 1.165) is 5.56 Å². The molecule has 0 aromatic heterocycles. The third-order valence-corrected chi connectivity index (χ3v) is 4.38. The summed E-state index contributed by atoms with van der Waals surface area (Å²) in [7, 11) is -2.98. The van der Waals surface area contributed by atoms with Gasteiger partial charge in [-0.15, -0.1) is 0 Å². The van der Waals surface area contributed by atoms with Crippen LogP contribution in [0, 0.1) is 0 Å². The van der Waals surface area contributed by atoms with Crippen LogP contribution in [0.1, 0.15) is 31.9 Å². The molecule has 0 unspecified atom stereocenters. The summed E-state index contributed by atoms with van der Waals surface area (Å²) in [5, 5.41) is 0. The predicted molar refractivity (Wildman–Crippen MR) is 73.5 cm³/mol. The van der Waals surface area contributed by atoms with Crippen LogP contribution < -0.4 is 10.5 Å². The average molecular weight is 271 g/mol. The quantitative estimate of drug-likeness (QED) is 0.822. The monoisotopic (exact) mass is 271 g/mol. The maximum absolute atomic E-state index is 11.5. The van der Waals surface area contributed by atoms with E-state index in [2.05, 4.69) is 0 Å². The van der Waals surface area contributed by atoms with E-state index in [9.17, 15) is 8.42 Å². The lowest BCUT2D eigenvalue weighted by molar-refractivity contribution is 0.340. The molecule has 1 aromatic rings. The highest BCUT2D eigenvalue weighted by Gasteiger charge is 2.09. The maximum Gasteiger partial charge on any atom is 0.153 e. The first-order chi connectivity index (χ1) is 8.44. The highest BCUT2D eigenvalue weighted by atomic mass is 32.2. The summed E-state index contributed by atoms with van der Waals surface area (Å²) in [6, 6.07) is 7.37. The lowest BCUT2D eigenvalue weighted by Crippen LogP contribution is -2.16. The molecule has 0 saturated heterocycles. The fourth-order valence-corrected chi connectivity index (χ4v) is 2.75. The van der Waals surface area contributed by atoms with Gasteiger partial charge in [0.05, 0.1) is 11.5 Å². The van der Waals surface area contributed by atoms with E-state index in [1.54, 1.807) is 6.07 Å². The summed E-state index contributed by atoms with van der Waals surface area (Å²) in [6.45, 7) is 3.93. The van der Waals surface area contributed by atoms with Crippen LogP contribution >= 0.6 is 0 Å². The van der Waals surface area contributed by atoms with Gasteiger partial charge in [-0.1, -0.05) is 19.1 Å². The Bertz CT molecular complexity index is 469. The van der Waals surface area contributed by atoms with Crippen LogP contribution in [0.3, 0.4) is 0 Å². The standard InChI is InChI=1S/C13H21NO3S/c1-3-8-18(15,16)9-7-17-13-6-4-5-12(10-13)11(2)14/h4-6,10-11H,3,7-9,14H2,1-2H3/t11-/m1/s1. The predicted octanol–water partition coefficient (Wildman–Crippen LogP) is 1.91. The van der Waals surface area contributed by atoms with Crippen molar-refractivity contribution < 1.29 is 13.2 Å². The third-order valence-electron chi connectivity index (χ3n) is 2.56. The van der Waals surface area contributed by atoms with Crippen LogP contribution in [0.2, 0.25) is 0 Å². The van der Waals surface area contributed by atoms with Crippen molar-refractivity contribution in [3.8, 4) is 5.75 Å². The number of hydrogen-bond donors (Lipinski definition) is 1. The van der Waals surface area contributed by atoms with Crippen molar-refractivity contribution in [2.75, 3.05) is 18.1 Å². The van der Waals surface area contributed by atoms with Gasteiger partial charge in [0.1, 0.15) is 12.4 Å². The lowest BCUT2D eigenvalue weighted by atomic mass is 10.1. The molecule has 0 bridgehead atoms. The van der Waals surface area contributed by atoms with Gasteiger partial charge < -0.3 is 10.5 Å². The number of hydrogen-bond acceptors (Lipinski definition) is 4. The van der Waals surface area contributed by atoms with Gasteiger partial charge in [0.25, 0.3) is 0 Å². The summed E-state index contributed by atoms with van der Waals surface area (Å²) in [5.41, 5.74) is 6.74.